The normalized spacial score (nSPS) is 11.2. The van der Waals surface area contributed by atoms with Crippen LogP contribution in [0.25, 0.3) is 107 Å². The number of pyridine rings is 2. The fourth-order valence-corrected chi connectivity index (χ4v) is 8.34. The molecule has 6 nitrogen and oxygen atoms in total. The Labute approximate surface area is 372 Å². The predicted molar refractivity (Wildman–Crippen MR) is 260 cm³/mol. The first-order valence-electron chi connectivity index (χ1n) is 21.4. The Bertz CT molecular complexity index is 3320. The predicted octanol–water partition coefficient (Wildman–Crippen LogP) is 14.2. The molecule has 0 spiro atoms. The van der Waals surface area contributed by atoms with Gasteiger partial charge >= 0.3 is 0 Å². The Morgan fingerprint density at radius 3 is 1.36 bits per heavy atom. The standard InChI is InChI=1S/C58H40N6/c1-39-15-13-24-52(59-39)50-36-49(47-22-14-23-48(35-47)54-55(44-20-9-4-10-21-44)64-34-12-11-25-53(64)60-54)37-51(38-50)58-62-56(45-30-26-42(27-31-45)40-16-5-2-6-17-40)61-57(63-58)46-32-28-43(29-33-46)41-18-7-3-8-19-41/h2-38H,1H3. The largest absolute Gasteiger partial charge is 0.299 e. The van der Waals surface area contributed by atoms with Crippen LogP contribution < -0.4 is 0 Å². The van der Waals surface area contributed by atoms with Crippen LogP contribution >= 0.6 is 0 Å². The van der Waals surface area contributed by atoms with Gasteiger partial charge in [-0.3, -0.25) is 9.38 Å². The van der Waals surface area contributed by atoms with Crippen molar-refractivity contribution in [2.45, 2.75) is 6.92 Å². The molecule has 64 heavy (non-hydrogen) atoms. The minimum Gasteiger partial charge on any atom is -0.299 e. The lowest BCUT2D eigenvalue weighted by Crippen LogP contribution is -2.01. The third-order valence-electron chi connectivity index (χ3n) is 11.6. The third-order valence-corrected chi connectivity index (χ3v) is 11.6. The first kappa shape index (κ1) is 38.3. The number of fused-ring (bicyclic) bond motifs is 1. The lowest BCUT2D eigenvalue weighted by molar-refractivity contribution is 1.07. The summed E-state index contributed by atoms with van der Waals surface area (Å²) in [5, 5.41) is 0. The zero-order chi connectivity index (χ0) is 42.8. The molecule has 0 saturated carbocycles. The van der Waals surface area contributed by atoms with Crippen molar-refractivity contribution in [3.63, 3.8) is 0 Å². The molecular formula is C58H40N6. The van der Waals surface area contributed by atoms with Crippen molar-refractivity contribution in [2.24, 2.45) is 0 Å². The van der Waals surface area contributed by atoms with Gasteiger partial charge in [0.05, 0.1) is 17.1 Å². The van der Waals surface area contributed by atoms with Crippen molar-refractivity contribution in [2.75, 3.05) is 0 Å². The highest BCUT2D eigenvalue weighted by Gasteiger charge is 2.19. The van der Waals surface area contributed by atoms with Crippen molar-refractivity contribution in [3.05, 3.63) is 230 Å². The van der Waals surface area contributed by atoms with Gasteiger partial charge < -0.3 is 0 Å². The number of benzene rings is 7. The molecule has 0 bridgehead atoms. The van der Waals surface area contributed by atoms with Crippen LogP contribution in [0, 0.1) is 6.92 Å². The fraction of sp³-hybridized carbons (Fsp3) is 0.0172. The monoisotopic (exact) mass is 820 g/mol. The van der Waals surface area contributed by atoms with Crippen molar-refractivity contribution in [1.29, 1.82) is 0 Å². The Kier molecular flexibility index (Phi) is 9.99. The summed E-state index contributed by atoms with van der Waals surface area (Å²) in [5.74, 6) is 1.75. The molecule has 0 aliphatic rings. The number of hydrogen-bond acceptors (Lipinski definition) is 5. The summed E-state index contributed by atoms with van der Waals surface area (Å²) in [6.45, 7) is 2.02. The highest BCUT2D eigenvalue weighted by Crippen LogP contribution is 2.38. The number of hydrogen-bond donors (Lipinski definition) is 0. The molecule has 11 rings (SSSR count). The van der Waals surface area contributed by atoms with Crippen LogP contribution in [0.15, 0.2) is 225 Å². The van der Waals surface area contributed by atoms with Gasteiger partial charge in [-0.2, -0.15) is 0 Å². The lowest BCUT2D eigenvalue weighted by Gasteiger charge is -2.13. The number of aryl methyl sites for hydroxylation is 1. The van der Waals surface area contributed by atoms with E-state index in [9.17, 15) is 0 Å². The zero-order valence-corrected chi connectivity index (χ0v) is 35.0. The number of nitrogens with zero attached hydrogens (tertiary/aromatic N) is 6. The molecule has 0 aliphatic heterocycles. The van der Waals surface area contributed by atoms with Gasteiger partial charge in [0.15, 0.2) is 17.5 Å². The molecule has 4 aromatic heterocycles. The van der Waals surface area contributed by atoms with Crippen molar-refractivity contribution in [3.8, 4) is 101 Å². The van der Waals surface area contributed by atoms with Gasteiger partial charge in [0.1, 0.15) is 5.65 Å². The Morgan fingerprint density at radius 2 is 0.750 bits per heavy atom. The summed E-state index contributed by atoms with van der Waals surface area (Å²) in [4.78, 5) is 25.8. The molecule has 0 atom stereocenters. The Balaban J connectivity index is 1.07. The van der Waals surface area contributed by atoms with E-state index in [4.69, 9.17) is 24.9 Å². The SMILES string of the molecule is Cc1cccc(-c2cc(-c3cccc(-c4nc5ccccn5c4-c4ccccc4)c3)cc(-c3nc(-c4ccc(-c5ccccc5)cc4)nc(-c4ccc(-c5ccccc5)cc4)n3)c2)n1. The van der Waals surface area contributed by atoms with Crippen LogP contribution in [0.5, 0.6) is 0 Å². The topological polar surface area (TPSA) is 68.9 Å². The molecule has 6 heteroatoms. The second-order valence-corrected chi connectivity index (χ2v) is 15.8. The summed E-state index contributed by atoms with van der Waals surface area (Å²) in [5.41, 5.74) is 17.0. The first-order chi connectivity index (χ1) is 31.6. The number of aromatic nitrogens is 6. The molecule has 0 unspecified atom stereocenters. The van der Waals surface area contributed by atoms with E-state index in [-0.39, 0.29) is 0 Å². The van der Waals surface area contributed by atoms with E-state index < -0.39 is 0 Å². The Morgan fingerprint density at radius 1 is 0.297 bits per heavy atom. The van der Waals surface area contributed by atoms with Gasteiger partial charge in [-0.25, -0.2) is 19.9 Å². The van der Waals surface area contributed by atoms with Gasteiger partial charge in [0, 0.05) is 45.3 Å². The summed E-state index contributed by atoms with van der Waals surface area (Å²) in [7, 11) is 0. The fourth-order valence-electron chi connectivity index (χ4n) is 8.34. The van der Waals surface area contributed by atoms with Gasteiger partial charge in [-0.05, 0) is 88.8 Å². The summed E-state index contributed by atoms with van der Waals surface area (Å²) >= 11 is 0. The maximum atomic E-state index is 5.23. The molecule has 0 N–H and O–H groups in total. The van der Waals surface area contributed by atoms with Crippen LogP contribution in [0.2, 0.25) is 0 Å². The smallest absolute Gasteiger partial charge is 0.164 e. The van der Waals surface area contributed by atoms with Crippen LogP contribution in [0.1, 0.15) is 5.69 Å². The van der Waals surface area contributed by atoms with Crippen LogP contribution in [0.3, 0.4) is 0 Å². The minimum absolute atomic E-state index is 0.567. The maximum absolute atomic E-state index is 5.23. The van der Waals surface area contributed by atoms with Crippen LogP contribution in [-0.4, -0.2) is 29.3 Å². The minimum atomic E-state index is 0.567. The second kappa shape index (κ2) is 16.7. The van der Waals surface area contributed by atoms with Gasteiger partial charge in [0.2, 0.25) is 0 Å². The van der Waals surface area contributed by atoms with Crippen molar-refractivity contribution >= 4 is 5.65 Å². The third kappa shape index (κ3) is 7.65. The van der Waals surface area contributed by atoms with E-state index in [1.54, 1.807) is 0 Å². The molecule has 0 saturated heterocycles. The van der Waals surface area contributed by atoms with E-state index in [1.165, 1.54) is 0 Å². The van der Waals surface area contributed by atoms with Gasteiger partial charge in [-0.15, -0.1) is 0 Å². The number of rotatable bonds is 9. The van der Waals surface area contributed by atoms with Gasteiger partial charge in [-0.1, -0.05) is 170 Å². The molecule has 0 aliphatic carbocycles. The van der Waals surface area contributed by atoms with Gasteiger partial charge in [0.25, 0.3) is 0 Å². The molecule has 7 aromatic carbocycles. The average Bonchev–Trinajstić information content (AvgIpc) is 3.77. The molecular weight excluding hydrogens is 781 g/mol. The highest BCUT2D eigenvalue weighted by molar-refractivity contribution is 5.86. The first-order valence-corrected chi connectivity index (χ1v) is 21.4. The van der Waals surface area contributed by atoms with E-state index in [0.29, 0.717) is 17.5 Å². The highest BCUT2D eigenvalue weighted by atomic mass is 15.0. The quantitative estimate of drug-likeness (QED) is 0.145. The zero-order valence-electron chi connectivity index (χ0n) is 35.0. The van der Waals surface area contributed by atoms with E-state index in [0.717, 1.165) is 95.2 Å². The molecule has 4 heterocycles. The summed E-state index contributed by atoms with van der Waals surface area (Å²) < 4.78 is 2.17. The van der Waals surface area contributed by atoms with E-state index in [2.05, 4.69) is 193 Å². The van der Waals surface area contributed by atoms with Crippen molar-refractivity contribution < 1.29 is 0 Å². The molecule has 302 valence electrons. The Hall–Kier alpha value is -8.61. The lowest BCUT2D eigenvalue weighted by atomic mass is 9.95. The van der Waals surface area contributed by atoms with Crippen LogP contribution in [0.4, 0.5) is 0 Å². The molecule has 0 fully saturated rings. The maximum Gasteiger partial charge on any atom is 0.164 e. The van der Waals surface area contributed by atoms with Crippen molar-refractivity contribution in [1.82, 2.24) is 29.3 Å². The summed E-state index contributed by atoms with van der Waals surface area (Å²) in [6.07, 6.45) is 2.08. The molecule has 0 radical (unpaired) electrons. The molecule has 11 aromatic rings. The molecule has 0 amide bonds. The van der Waals surface area contributed by atoms with Crippen LogP contribution in [-0.2, 0) is 0 Å². The second-order valence-electron chi connectivity index (χ2n) is 15.8. The van der Waals surface area contributed by atoms with E-state index in [1.807, 2.05) is 43.3 Å². The summed E-state index contributed by atoms with van der Waals surface area (Å²) in [6, 6.07) is 75.6. The average molecular weight is 821 g/mol. The van der Waals surface area contributed by atoms with E-state index >= 15 is 0 Å². The number of imidazole rings is 1.